The van der Waals surface area contributed by atoms with Crippen molar-refractivity contribution < 1.29 is 19.0 Å². The summed E-state index contributed by atoms with van der Waals surface area (Å²) < 4.78 is 15.8. The standard InChI is InChI=1S/C22H22Cl3NO4/c1-15-19(29-13-17-10-6-3-7-11-17)18(28-12-16-8-4-2-5-9-16)14-30-20(15)26-21(27)22(23,24)25/h2-11,18-20H,1,12-14H2,(H,26,27)/t18-,19-,20+/m1/s1. The third kappa shape index (κ3) is 6.45. The normalized spacial score (nSPS) is 22.0. The Bertz CT molecular complexity index is 842. The predicted octanol–water partition coefficient (Wildman–Crippen LogP) is 4.56. The maximum Gasteiger partial charge on any atom is 0.274 e. The molecular formula is C22H22Cl3NO4. The van der Waals surface area contributed by atoms with Crippen molar-refractivity contribution in [3.63, 3.8) is 0 Å². The second-order valence-electron chi connectivity index (χ2n) is 6.81. The molecule has 1 amide bonds. The van der Waals surface area contributed by atoms with Crippen LogP contribution in [0.4, 0.5) is 0 Å². The largest absolute Gasteiger partial charge is 0.368 e. The van der Waals surface area contributed by atoms with Crippen LogP contribution in [0.15, 0.2) is 72.8 Å². The number of nitrogens with one attached hydrogen (secondary N) is 1. The highest BCUT2D eigenvalue weighted by Crippen LogP contribution is 2.29. The highest BCUT2D eigenvalue weighted by Gasteiger charge is 2.40. The van der Waals surface area contributed by atoms with Gasteiger partial charge in [-0.15, -0.1) is 0 Å². The van der Waals surface area contributed by atoms with Crippen LogP contribution in [-0.2, 0) is 32.2 Å². The number of alkyl halides is 3. The number of benzene rings is 2. The van der Waals surface area contributed by atoms with E-state index < -0.39 is 28.1 Å². The number of halogens is 3. The van der Waals surface area contributed by atoms with Crippen LogP contribution in [0.25, 0.3) is 0 Å². The van der Waals surface area contributed by atoms with Gasteiger partial charge < -0.3 is 19.5 Å². The van der Waals surface area contributed by atoms with Crippen LogP contribution in [-0.4, -0.2) is 34.7 Å². The molecule has 0 bridgehead atoms. The number of ether oxygens (including phenoxy) is 3. The van der Waals surface area contributed by atoms with Crippen LogP contribution in [0.2, 0.25) is 0 Å². The van der Waals surface area contributed by atoms with Gasteiger partial charge in [0.25, 0.3) is 9.70 Å². The van der Waals surface area contributed by atoms with Crippen LogP contribution >= 0.6 is 34.8 Å². The third-order valence-corrected chi connectivity index (χ3v) is 5.08. The van der Waals surface area contributed by atoms with Crippen LogP contribution < -0.4 is 5.32 Å². The van der Waals surface area contributed by atoms with Gasteiger partial charge in [0.15, 0.2) is 6.23 Å². The van der Waals surface area contributed by atoms with E-state index in [1.165, 1.54) is 0 Å². The van der Waals surface area contributed by atoms with Crippen LogP contribution in [0.3, 0.4) is 0 Å². The third-order valence-electron chi connectivity index (χ3n) is 4.57. The summed E-state index contributed by atoms with van der Waals surface area (Å²) in [5.41, 5.74) is 2.51. The Morgan fingerprint density at radius 2 is 1.53 bits per heavy atom. The molecule has 1 aliphatic heterocycles. The first-order chi connectivity index (χ1) is 14.3. The zero-order valence-corrected chi connectivity index (χ0v) is 18.4. The minimum Gasteiger partial charge on any atom is -0.368 e. The summed E-state index contributed by atoms with van der Waals surface area (Å²) in [5, 5.41) is 2.54. The van der Waals surface area contributed by atoms with Crippen LogP contribution in [0, 0.1) is 0 Å². The molecule has 3 rings (SSSR count). The van der Waals surface area contributed by atoms with E-state index >= 15 is 0 Å². The minimum absolute atomic E-state index is 0.177. The molecule has 8 heteroatoms. The molecule has 0 spiro atoms. The molecule has 5 nitrogen and oxygen atoms in total. The molecule has 0 radical (unpaired) electrons. The van der Waals surface area contributed by atoms with Gasteiger partial charge in [-0.05, 0) is 11.1 Å². The molecule has 1 N–H and O–H groups in total. The molecule has 2 aromatic carbocycles. The van der Waals surface area contributed by atoms with Gasteiger partial charge in [-0.25, -0.2) is 0 Å². The molecule has 160 valence electrons. The van der Waals surface area contributed by atoms with Crippen molar-refractivity contribution in [1.29, 1.82) is 0 Å². The first kappa shape index (κ1) is 23.1. The van der Waals surface area contributed by atoms with Crippen molar-refractivity contribution in [1.82, 2.24) is 5.32 Å². The first-order valence-corrected chi connectivity index (χ1v) is 10.5. The summed E-state index contributed by atoms with van der Waals surface area (Å²) in [6.45, 7) is 4.97. The second kappa shape index (κ2) is 10.6. The van der Waals surface area contributed by atoms with Crippen molar-refractivity contribution in [3.05, 3.63) is 83.9 Å². The van der Waals surface area contributed by atoms with Crippen molar-refractivity contribution in [3.8, 4) is 0 Å². The maximum absolute atomic E-state index is 12.1. The fourth-order valence-electron chi connectivity index (χ4n) is 3.00. The fourth-order valence-corrected chi connectivity index (χ4v) is 3.16. The molecule has 1 saturated heterocycles. The maximum atomic E-state index is 12.1. The molecule has 1 fully saturated rings. The summed E-state index contributed by atoms with van der Waals surface area (Å²) in [7, 11) is 0. The number of carbonyl (C=O) groups excluding carboxylic acids is 1. The number of hydrogen-bond donors (Lipinski definition) is 1. The quantitative estimate of drug-likeness (QED) is 0.476. The van der Waals surface area contributed by atoms with E-state index in [1.54, 1.807) is 0 Å². The molecule has 0 aromatic heterocycles. The average Bonchev–Trinajstić information content (AvgIpc) is 2.74. The number of amides is 1. The zero-order chi connectivity index (χ0) is 21.6. The number of carbonyl (C=O) groups is 1. The summed E-state index contributed by atoms with van der Waals surface area (Å²) >= 11 is 17.0. The summed E-state index contributed by atoms with van der Waals surface area (Å²) in [4.78, 5) is 12.1. The van der Waals surface area contributed by atoms with Crippen molar-refractivity contribution in [2.24, 2.45) is 0 Å². The van der Waals surface area contributed by atoms with E-state index in [1.807, 2.05) is 60.7 Å². The molecular weight excluding hydrogens is 449 g/mol. The van der Waals surface area contributed by atoms with Gasteiger partial charge in [-0.1, -0.05) is 102 Å². The fraction of sp³-hybridized carbons (Fsp3) is 0.318. The molecule has 2 aromatic rings. The van der Waals surface area contributed by atoms with Crippen LogP contribution in [0.5, 0.6) is 0 Å². The van der Waals surface area contributed by atoms with E-state index in [9.17, 15) is 4.79 Å². The minimum atomic E-state index is -2.11. The lowest BCUT2D eigenvalue weighted by atomic mass is 10.0. The van der Waals surface area contributed by atoms with Gasteiger partial charge in [-0.3, -0.25) is 4.79 Å². The number of hydrogen-bond acceptors (Lipinski definition) is 4. The van der Waals surface area contributed by atoms with Gasteiger partial charge in [0.05, 0.1) is 19.8 Å². The molecule has 0 unspecified atom stereocenters. The zero-order valence-electron chi connectivity index (χ0n) is 16.1. The topological polar surface area (TPSA) is 56.8 Å². The monoisotopic (exact) mass is 469 g/mol. The van der Waals surface area contributed by atoms with Gasteiger partial charge in [-0.2, -0.15) is 0 Å². The smallest absolute Gasteiger partial charge is 0.274 e. The summed E-state index contributed by atoms with van der Waals surface area (Å²) in [5.74, 6) is -0.802. The highest BCUT2D eigenvalue weighted by molar-refractivity contribution is 6.76. The SMILES string of the molecule is C=C1[C@@H](OCc2ccccc2)[C@H](OCc2ccccc2)CO[C@@H]1NC(=O)C(Cl)(Cl)Cl. The van der Waals surface area contributed by atoms with Gasteiger partial charge in [0.1, 0.15) is 12.2 Å². The Kier molecular flexibility index (Phi) is 8.17. The molecule has 30 heavy (non-hydrogen) atoms. The lowest BCUT2D eigenvalue weighted by Crippen LogP contribution is -2.53. The highest BCUT2D eigenvalue weighted by atomic mass is 35.6. The molecule has 0 saturated carbocycles. The predicted molar refractivity (Wildman–Crippen MR) is 117 cm³/mol. The van der Waals surface area contributed by atoms with Gasteiger partial charge in [0, 0.05) is 5.57 Å². The summed E-state index contributed by atoms with van der Waals surface area (Å²) in [6, 6.07) is 19.5. The Labute approximate surface area is 190 Å². The van der Waals surface area contributed by atoms with E-state index in [0.29, 0.717) is 18.8 Å². The van der Waals surface area contributed by atoms with Crippen LogP contribution in [0.1, 0.15) is 11.1 Å². The van der Waals surface area contributed by atoms with Gasteiger partial charge in [0.2, 0.25) is 0 Å². The molecule has 1 heterocycles. The number of rotatable bonds is 7. The van der Waals surface area contributed by atoms with E-state index in [2.05, 4.69) is 11.9 Å². The van der Waals surface area contributed by atoms with E-state index in [4.69, 9.17) is 49.0 Å². The first-order valence-electron chi connectivity index (χ1n) is 9.33. The summed E-state index contributed by atoms with van der Waals surface area (Å²) in [6.07, 6.45) is -1.80. The average molecular weight is 471 g/mol. The Morgan fingerprint density at radius 1 is 1.00 bits per heavy atom. The van der Waals surface area contributed by atoms with Crippen molar-refractivity contribution in [2.75, 3.05) is 6.61 Å². The Hall–Kier alpha value is -1.60. The van der Waals surface area contributed by atoms with Gasteiger partial charge >= 0.3 is 0 Å². The second-order valence-corrected chi connectivity index (χ2v) is 9.09. The van der Waals surface area contributed by atoms with E-state index in [-0.39, 0.29) is 6.61 Å². The molecule has 1 aliphatic rings. The molecule has 0 aliphatic carbocycles. The van der Waals surface area contributed by atoms with Crippen molar-refractivity contribution >= 4 is 40.7 Å². The Balaban J connectivity index is 1.69. The Morgan fingerprint density at radius 3 is 2.07 bits per heavy atom. The lowest BCUT2D eigenvalue weighted by molar-refractivity contribution is -0.151. The lowest BCUT2D eigenvalue weighted by Gasteiger charge is -2.38. The molecule has 3 atom stereocenters. The van der Waals surface area contributed by atoms with Crippen molar-refractivity contribution in [2.45, 2.75) is 35.4 Å². The van der Waals surface area contributed by atoms with E-state index in [0.717, 1.165) is 11.1 Å².